The molecule has 0 aliphatic carbocycles. The van der Waals surface area contributed by atoms with E-state index in [0.717, 1.165) is 5.56 Å². The molecule has 1 aromatic heterocycles. The summed E-state index contributed by atoms with van der Waals surface area (Å²) < 4.78 is 11.0. The van der Waals surface area contributed by atoms with Crippen molar-refractivity contribution in [2.24, 2.45) is 5.73 Å². The second-order valence-corrected chi connectivity index (χ2v) is 6.52. The van der Waals surface area contributed by atoms with Crippen LogP contribution in [-0.2, 0) is 13.0 Å². The predicted molar refractivity (Wildman–Crippen MR) is 101 cm³/mol. The fourth-order valence-corrected chi connectivity index (χ4v) is 3.12. The van der Waals surface area contributed by atoms with Crippen LogP contribution >= 0.6 is 23.2 Å². The van der Waals surface area contributed by atoms with E-state index in [-0.39, 0.29) is 17.9 Å². The van der Waals surface area contributed by atoms with Gasteiger partial charge in [-0.2, -0.15) is 0 Å². The number of fused-ring (bicyclic) bond motifs is 1. The second-order valence-electron chi connectivity index (χ2n) is 5.68. The highest BCUT2D eigenvalue weighted by Gasteiger charge is 2.13. The first-order chi connectivity index (χ1) is 12.4. The highest BCUT2D eigenvalue weighted by Crippen LogP contribution is 2.28. The van der Waals surface area contributed by atoms with Gasteiger partial charge in [0, 0.05) is 27.1 Å². The molecule has 0 atom stereocenters. The van der Waals surface area contributed by atoms with Gasteiger partial charge >= 0.3 is 5.63 Å². The molecule has 5 nitrogen and oxygen atoms in total. The highest BCUT2D eigenvalue weighted by atomic mass is 35.5. The van der Waals surface area contributed by atoms with E-state index in [0.29, 0.717) is 33.0 Å². The number of nitrogens with two attached hydrogens (primary N) is 1. The average molecular weight is 392 g/mol. The minimum Gasteiger partial charge on any atom is -0.488 e. The summed E-state index contributed by atoms with van der Waals surface area (Å²) in [7, 11) is 0. The van der Waals surface area contributed by atoms with Crippen molar-refractivity contribution >= 4 is 40.1 Å². The van der Waals surface area contributed by atoms with E-state index >= 15 is 0 Å². The Morgan fingerprint density at radius 3 is 2.62 bits per heavy atom. The van der Waals surface area contributed by atoms with Crippen LogP contribution in [-0.4, -0.2) is 5.91 Å². The van der Waals surface area contributed by atoms with E-state index < -0.39 is 11.5 Å². The number of carbonyl (C=O) groups is 1. The first-order valence-corrected chi connectivity index (χ1v) is 8.62. The third-order valence-corrected chi connectivity index (χ3v) is 4.56. The molecule has 1 amide bonds. The Kier molecular flexibility index (Phi) is 5.20. The van der Waals surface area contributed by atoms with Crippen molar-refractivity contribution < 1.29 is 13.9 Å². The van der Waals surface area contributed by atoms with Gasteiger partial charge in [-0.3, -0.25) is 4.79 Å². The predicted octanol–water partition coefficient (Wildman–Crippen LogP) is 4.34. The Bertz CT molecular complexity index is 1060. The highest BCUT2D eigenvalue weighted by molar-refractivity contribution is 6.32. The Labute approximate surface area is 159 Å². The van der Waals surface area contributed by atoms with Gasteiger partial charge in [0.05, 0.1) is 5.56 Å². The number of benzene rings is 2. The molecule has 0 aliphatic rings. The third-order valence-electron chi connectivity index (χ3n) is 3.97. The Balaban J connectivity index is 2.01. The minimum absolute atomic E-state index is 0.0335. The zero-order valence-electron chi connectivity index (χ0n) is 13.8. The maximum atomic E-state index is 11.9. The molecule has 0 aliphatic heterocycles. The Hall–Kier alpha value is -2.50. The summed E-state index contributed by atoms with van der Waals surface area (Å²) in [5, 5.41) is 1.62. The van der Waals surface area contributed by atoms with Crippen LogP contribution in [0.2, 0.25) is 10.0 Å². The van der Waals surface area contributed by atoms with Crippen LogP contribution < -0.4 is 16.1 Å². The van der Waals surface area contributed by atoms with Crippen LogP contribution in [0.25, 0.3) is 11.0 Å². The SMILES string of the molecule is CCc1cc2oc(=O)cc(COc3ccc(Cl)cc3C(N)=O)c2cc1Cl. The van der Waals surface area contributed by atoms with E-state index in [9.17, 15) is 9.59 Å². The van der Waals surface area contributed by atoms with Crippen LogP contribution in [0.4, 0.5) is 0 Å². The van der Waals surface area contributed by atoms with Crippen molar-refractivity contribution in [1.29, 1.82) is 0 Å². The lowest BCUT2D eigenvalue weighted by atomic mass is 10.1. The number of hydrogen-bond donors (Lipinski definition) is 1. The number of hydrogen-bond acceptors (Lipinski definition) is 4. The number of aryl methyl sites for hydroxylation is 1. The molecule has 0 unspecified atom stereocenters. The molecular weight excluding hydrogens is 377 g/mol. The summed E-state index contributed by atoms with van der Waals surface area (Å²) in [6.45, 7) is 2.00. The third kappa shape index (κ3) is 3.69. The zero-order valence-corrected chi connectivity index (χ0v) is 15.4. The molecule has 7 heteroatoms. The first-order valence-electron chi connectivity index (χ1n) is 7.86. The number of primary amides is 1. The fraction of sp³-hybridized carbons (Fsp3) is 0.158. The zero-order chi connectivity index (χ0) is 18.8. The van der Waals surface area contributed by atoms with Crippen LogP contribution in [0.3, 0.4) is 0 Å². The lowest BCUT2D eigenvalue weighted by Gasteiger charge is -2.12. The summed E-state index contributed by atoms with van der Waals surface area (Å²) in [6, 6.07) is 9.41. The van der Waals surface area contributed by atoms with Gasteiger partial charge in [-0.25, -0.2) is 4.79 Å². The largest absolute Gasteiger partial charge is 0.488 e. The first kappa shape index (κ1) is 18.3. The molecule has 0 radical (unpaired) electrons. The van der Waals surface area contributed by atoms with Crippen molar-refractivity contribution in [3.8, 4) is 5.75 Å². The van der Waals surface area contributed by atoms with Crippen LogP contribution in [0, 0.1) is 0 Å². The maximum Gasteiger partial charge on any atom is 0.336 e. The van der Waals surface area contributed by atoms with Gasteiger partial charge in [-0.05, 0) is 42.3 Å². The van der Waals surface area contributed by atoms with E-state index in [2.05, 4.69) is 0 Å². The fourth-order valence-electron chi connectivity index (χ4n) is 2.66. The van der Waals surface area contributed by atoms with Crippen molar-refractivity contribution in [3.63, 3.8) is 0 Å². The van der Waals surface area contributed by atoms with Crippen molar-refractivity contribution in [2.45, 2.75) is 20.0 Å². The number of carbonyl (C=O) groups excluding carboxylic acids is 1. The molecule has 134 valence electrons. The monoisotopic (exact) mass is 391 g/mol. The molecule has 2 aromatic carbocycles. The molecule has 3 rings (SSSR count). The topological polar surface area (TPSA) is 82.5 Å². The number of ether oxygens (including phenoxy) is 1. The molecule has 0 saturated heterocycles. The number of rotatable bonds is 5. The van der Waals surface area contributed by atoms with E-state index in [1.54, 1.807) is 24.3 Å². The Morgan fingerprint density at radius 2 is 1.92 bits per heavy atom. The summed E-state index contributed by atoms with van der Waals surface area (Å²) in [4.78, 5) is 23.4. The van der Waals surface area contributed by atoms with E-state index in [1.165, 1.54) is 12.1 Å². The van der Waals surface area contributed by atoms with Crippen LogP contribution in [0.5, 0.6) is 5.75 Å². The van der Waals surface area contributed by atoms with Crippen molar-refractivity contribution in [1.82, 2.24) is 0 Å². The molecule has 0 saturated carbocycles. The quantitative estimate of drug-likeness (QED) is 0.655. The molecule has 3 aromatic rings. The van der Waals surface area contributed by atoms with E-state index in [1.807, 2.05) is 6.92 Å². The summed E-state index contributed by atoms with van der Waals surface area (Å²) in [5.74, 6) is -0.380. The molecule has 2 N–H and O–H groups in total. The van der Waals surface area contributed by atoms with E-state index in [4.69, 9.17) is 38.1 Å². The van der Waals surface area contributed by atoms with Gasteiger partial charge in [0.25, 0.3) is 5.91 Å². The normalized spacial score (nSPS) is 10.9. The second kappa shape index (κ2) is 7.40. The number of halogens is 2. The van der Waals surface area contributed by atoms with Gasteiger partial charge in [0.15, 0.2) is 0 Å². The Morgan fingerprint density at radius 1 is 1.15 bits per heavy atom. The maximum absolute atomic E-state index is 11.9. The molecule has 26 heavy (non-hydrogen) atoms. The lowest BCUT2D eigenvalue weighted by Crippen LogP contribution is -2.13. The lowest BCUT2D eigenvalue weighted by molar-refractivity contribution is 0.0996. The van der Waals surface area contributed by atoms with Gasteiger partial charge < -0.3 is 14.9 Å². The molecule has 0 spiro atoms. The molecule has 0 bridgehead atoms. The number of amides is 1. The van der Waals surface area contributed by atoms with Crippen molar-refractivity contribution in [3.05, 3.63) is 73.6 Å². The van der Waals surface area contributed by atoms with Crippen LogP contribution in [0.1, 0.15) is 28.4 Å². The molecule has 1 heterocycles. The summed E-state index contributed by atoms with van der Waals surface area (Å²) in [5.41, 5.74) is 6.93. The summed E-state index contributed by atoms with van der Waals surface area (Å²) in [6.07, 6.45) is 0.714. The average Bonchev–Trinajstić information content (AvgIpc) is 2.60. The standard InChI is InChI=1S/C19H15Cl2NO4/c1-2-10-5-17-13(8-15(10)21)11(6-18(23)26-17)9-25-16-4-3-12(20)7-14(16)19(22)24/h3-8H,2,9H2,1H3,(H2,22,24). The molecule has 0 fully saturated rings. The molecular formula is C19H15Cl2NO4. The van der Waals surface area contributed by atoms with Gasteiger partial charge in [-0.15, -0.1) is 0 Å². The smallest absolute Gasteiger partial charge is 0.336 e. The van der Waals surface area contributed by atoms with Crippen LogP contribution in [0.15, 0.2) is 45.6 Å². The summed E-state index contributed by atoms with van der Waals surface area (Å²) >= 11 is 12.2. The van der Waals surface area contributed by atoms with Gasteiger partial charge in [-0.1, -0.05) is 30.1 Å². The van der Waals surface area contributed by atoms with Crippen molar-refractivity contribution in [2.75, 3.05) is 0 Å². The van der Waals surface area contributed by atoms with Gasteiger partial charge in [0.1, 0.15) is 17.9 Å². The van der Waals surface area contributed by atoms with Gasteiger partial charge in [0.2, 0.25) is 0 Å². The minimum atomic E-state index is -0.657.